The third kappa shape index (κ3) is 6.79. The molecule has 0 bridgehead atoms. The van der Waals surface area contributed by atoms with Gasteiger partial charge in [-0.2, -0.15) is 0 Å². The smallest absolute Gasteiger partial charge is 0.338 e. The highest BCUT2D eigenvalue weighted by atomic mass is 79.9. The Bertz CT molecular complexity index is 1860. The van der Waals surface area contributed by atoms with Crippen molar-refractivity contribution in [1.82, 2.24) is 4.57 Å². The molecule has 7 nitrogen and oxygen atoms in total. The lowest BCUT2D eigenvalue weighted by atomic mass is 9.93. The van der Waals surface area contributed by atoms with Gasteiger partial charge in [0, 0.05) is 15.1 Å². The Balaban J connectivity index is 1.62. The summed E-state index contributed by atoms with van der Waals surface area (Å²) in [6.07, 6.45) is 3.14. The van der Waals surface area contributed by atoms with Crippen LogP contribution < -0.4 is 24.4 Å². The lowest BCUT2D eigenvalue weighted by molar-refractivity contribution is -0.139. The fourth-order valence-corrected chi connectivity index (χ4v) is 6.45. The molecule has 1 aromatic heterocycles. The molecule has 0 fully saturated rings. The number of rotatable bonds is 10. The van der Waals surface area contributed by atoms with Gasteiger partial charge in [-0.25, -0.2) is 9.79 Å². The van der Waals surface area contributed by atoms with Crippen molar-refractivity contribution >= 4 is 50.9 Å². The fourth-order valence-electron chi connectivity index (χ4n) is 4.93. The normalized spacial score (nSPS) is 14.7. The molecule has 4 aromatic rings. The van der Waals surface area contributed by atoms with E-state index in [-0.39, 0.29) is 12.2 Å². The number of ether oxygens (including phenoxy) is 3. The maximum absolute atomic E-state index is 14.1. The van der Waals surface area contributed by atoms with E-state index in [0.29, 0.717) is 55.7 Å². The second-order valence-corrected chi connectivity index (χ2v) is 12.1. The number of hydrogen-bond acceptors (Lipinski definition) is 7. The number of esters is 1. The molecule has 0 saturated heterocycles. The van der Waals surface area contributed by atoms with Crippen LogP contribution in [0.25, 0.3) is 6.08 Å². The highest BCUT2D eigenvalue weighted by Crippen LogP contribution is 2.38. The average Bonchev–Trinajstić information content (AvgIpc) is 3.30. The first-order chi connectivity index (χ1) is 20.8. The second-order valence-electron chi connectivity index (χ2n) is 9.79. The van der Waals surface area contributed by atoms with Gasteiger partial charge in [0.2, 0.25) is 0 Å². The van der Waals surface area contributed by atoms with Crippen LogP contribution in [0.1, 0.15) is 49.4 Å². The van der Waals surface area contributed by atoms with Crippen LogP contribution >= 0.6 is 38.9 Å². The topological polar surface area (TPSA) is 79.1 Å². The molecule has 1 atom stereocenters. The predicted octanol–water partition coefficient (Wildman–Crippen LogP) is 6.58. The quantitative estimate of drug-likeness (QED) is 0.177. The minimum absolute atomic E-state index is 0.199. The van der Waals surface area contributed by atoms with E-state index in [1.807, 2.05) is 79.7 Å². The number of nitrogens with zero attached hydrogens (tertiary/aromatic N) is 2. The van der Waals surface area contributed by atoms with E-state index >= 15 is 0 Å². The zero-order valence-corrected chi connectivity index (χ0v) is 27.1. The molecule has 0 saturated carbocycles. The van der Waals surface area contributed by atoms with Gasteiger partial charge in [-0.3, -0.25) is 9.36 Å². The summed E-state index contributed by atoms with van der Waals surface area (Å²) in [5, 5.41) is 0.670. The summed E-state index contributed by atoms with van der Waals surface area (Å²) in [6.45, 7) is 4.37. The number of benzene rings is 3. The fraction of sp³-hybridized carbons (Fsp3) is 0.242. The van der Waals surface area contributed by atoms with Crippen LogP contribution in [0.3, 0.4) is 0 Å². The molecule has 222 valence electrons. The third-order valence-electron chi connectivity index (χ3n) is 6.85. The molecule has 2 heterocycles. The SMILES string of the molecule is CCCC1=C(C(=O)OCC)[C@@H](c2cc(Br)ccc2OC)n2c(s/c(=C/c3cccc(OCc4ccc(Cl)cc4)c3)c2=O)=N1. The third-order valence-corrected chi connectivity index (χ3v) is 8.58. The van der Waals surface area contributed by atoms with E-state index in [1.165, 1.54) is 11.3 Å². The number of carbonyl (C=O) groups excluding carboxylic acids is 1. The highest BCUT2D eigenvalue weighted by Gasteiger charge is 2.36. The van der Waals surface area contributed by atoms with Gasteiger partial charge < -0.3 is 14.2 Å². The Labute approximate surface area is 266 Å². The summed E-state index contributed by atoms with van der Waals surface area (Å²) in [5.41, 5.74) is 3.14. The van der Waals surface area contributed by atoms with Crippen LogP contribution in [0.2, 0.25) is 5.02 Å². The zero-order valence-electron chi connectivity index (χ0n) is 23.9. The first-order valence-corrected chi connectivity index (χ1v) is 15.8. The van der Waals surface area contributed by atoms with Crippen molar-refractivity contribution in [1.29, 1.82) is 0 Å². The van der Waals surface area contributed by atoms with Crippen LogP contribution in [0.4, 0.5) is 0 Å². The van der Waals surface area contributed by atoms with E-state index in [4.69, 9.17) is 30.8 Å². The number of fused-ring (bicyclic) bond motifs is 1. The van der Waals surface area contributed by atoms with Gasteiger partial charge in [0.1, 0.15) is 24.1 Å². The molecule has 1 aliphatic heterocycles. The number of thiazole rings is 1. The van der Waals surface area contributed by atoms with Gasteiger partial charge in [0.15, 0.2) is 4.80 Å². The first-order valence-electron chi connectivity index (χ1n) is 13.9. The van der Waals surface area contributed by atoms with Gasteiger partial charge in [-0.1, -0.05) is 76.5 Å². The van der Waals surface area contributed by atoms with Crippen molar-refractivity contribution in [3.8, 4) is 11.5 Å². The van der Waals surface area contributed by atoms with Crippen LogP contribution in [-0.2, 0) is 16.1 Å². The van der Waals surface area contributed by atoms with Crippen molar-refractivity contribution in [2.45, 2.75) is 39.3 Å². The summed E-state index contributed by atoms with van der Waals surface area (Å²) >= 11 is 10.8. The first kappa shape index (κ1) is 30.8. The van der Waals surface area contributed by atoms with Crippen molar-refractivity contribution in [2.75, 3.05) is 13.7 Å². The van der Waals surface area contributed by atoms with Crippen LogP contribution in [-0.4, -0.2) is 24.3 Å². The van der Waals surface area contributed by atoms with Crippen LogP contribution in [0.5, 0.6) is 11.5 Å². The molecular formula is C33H30BrClN2O5S. The average molecular weight is 682 g/mol. The molecule has 3 aromatic carbocycles. The Morgan fingerprint density at radius 2 is 1.91 bits per heavy atom. The molecule has 5 rings (SSSR count). The van der Waals surface area contributed by atoms with Gasteiger partial charge in [-0.15, -0.1) is 0 Å². The van der Waals surface area contributed by atoms with E-state index in [9.17, 15) is 9.59 Å². The van der Waals surface area contributed by atoms with Gasteiger partial charge in [0.05, 0.1) is 29.5 Å². The van der Waals surface area contributed by atoms with Crippen molar-refractivity contribution in [3.63, 3.8) is 0 Å². The number of methoxy groups -OCH3 is 1. The van der Waals surface area contributed by atoms with E-state index in [1.54, 1.807) is 18.6 Å². The Morgan fingerprint density at radius 3 is 2.63 bits per heavy atom. The summed E-state index contributed by atoms with van der Waals surface area (Å²) < 4.78 is 20.0. The summed E-state index contributed by atoms with van der Waals surface area (Å²) in [4.78, 5) is 32.9. The maximum Gasteiger partial charge on any atom is 0.338 e. The van der Waals surface area contributed by atoms with E-state index in [2.05, 4.69) is 15.9 Å². The second kappa shape index (κ2) is 13.8. The lowest BCUT2D eigenvalue weighted by Gasteiger charge is -2.27. The minimum atomic E-state index is -0.777. The van der Waals surface area contributed by atoms with Crippen LogP contribution in [0.15, 0.2) is 92.3 Å². The van der Waals surface area contributed by atoms with Crippen molar-refractivity contribution in [3.05, 3.63) is 124 Å². The predicted molar refractivity (Wildman–Crippen MR) is 173 cm³/mol. The Hall–Kier alpha value is -3.66. The summed E-state index contributed by atoms with van der Waals surface area (Å²) in [6, 6.07) is 19.8. The molecule has 10 heteroatoms. The summed E-state index contributed by atoms with van der Waals surface area (Å²) in [7, 11) is 1.57. The molecule has 0 amide bonds. The highest BCUT2D eigenvalue weighted by molar-refractivity contribution is 9.10. The number of aromatic nitrogens is 1. The van der Waals surface area contributed by atoms with Crippen LogP contribution in [0, 0.1) is 0 Å². The zero-order chi connectivity index (χ0) is 30.5. The number of allylic oxidation sites excluding steroid dienone is 1. The number of halogens is 2. The van der Waals surface area contributed by atoms with E-state index < -0.39 is 12.0 Å². The molecule has 0 N–H and O–H groups in total. The molecule has 0 aliphatic carbocycles. The number of hydrogen-bond donors (Lipinski definition) is 0. The molecule has 0 unspecified atom stereocenters. The molecule has 0 spiro atoms. The molecular weight excluding hydrogens is 652 g/mol. The Kier molecular flexibility index (Phi) is 9.85. The Morgan fingerprint density at radius 1 is 1.12 bits per heavy atom. The molecule has 1 aliphatic rings. The minimum Gasteiger partial charge on any atom is -0.496 e. The van der Waals surface area contributed by atoms with Gasteiger partial charge in [0.25, 0.3) is 5.56 Å². The standard InChI is InChI=1S/C33H30BrClN2O5S/c1-4-7-26-29(32(39)41-5-2)30(25-18-22(34)12-15-27(25)40-3)37-31(38)28(43-33(37)36-26)17-21-8-6-9-24(16-21)42-19-20-10-13-23(35)14-11-20/h6,8-18,30H,4-5,7,19H2,1-3H3/b28-17+/t30-/m1/s1. The largest absolute Gasteiger partial charge is 0.496 e. The van der Waals surface area contributed by atoms with E-state index in [0.717, 1.165) is 22.0 Å². The van der Waals surface area contributed by atoms with Crippen molar-refractivity contribution < 1.29 is 19.0 Å². The molecule has 0 radical (unpaired) electrons. The maximum atomic E-state index is 14.1. The van der Waals surface area contributed by atoms with Crippen molar-refractivity contribution in [2.24, 2.45) is 4.99 Å². The van der Waals surface area contributed by atoms with Gasteiger partial charge >= 0.3 is 5.97 Å². The van der Waals surface area contributed by atoms with Gasteiger partial charge in [-0.05, 0) is 73.0 Å². The number of carbonyl (C=O) groups is 1. The lowest BCUT2D eigenvalue weighted by Crippen LogP contribution is -2.40. The monoisotopic (exact) mass is 680 g/mol. The molecule has 43 heavy (non-hydrogen) atoms. The summed E-state index contributed by atoms with van der Waals surface area (Å²) in [5.74, 6) is 0.720.